The van der Waals surface area contributed by atoms with Crippen molar-refractivity contribution in [3.63, 3.8) is 0 Å². The van der Waals surface area contributed by atoms with Crippen molar-refractivity contribution in [2.24, 2.45) is 0 Å². The van der Waals surface area contributed by atoms with Crippen LogP contribution in [0.25, 0.3) is 22.0 Å². The minimum absolute atomic E-state index is 0.0133. The quantitative estimate of drug-likeness (QED) is 0.526. The summed E-state index contributed by atoms with van der Waals surface area (Å²) < 4.78 is 13.8. The SMILES string of the molecule is Cc1ccc(C)c(-c2ccc3c(NC(=O)c4ccccc4F)n[nH]c3c2)c1. The van der Waals surface area contributed by atoms with Gasteiger partial charge in [-0.05, 0) is 54.8 Å². The number of amides is 1. The number of aromatic nitrogens is 2. The van der Waals surface area contributed by atoms with Crippen molar-refractivity contribution in [3.8, 4) is 11.1 Å². The number of carbonyl (C=O) groups excluding carboxylic acids is 1. The molecule has 4 rings (SSSR count). The number of halogens is 1. The molecule has 0 atom stereocenters. The Balaban J connectivity index is 1.68. The Hall–Kier alpha value is -3.47. The van der Waals surface area contributed by atoms with Crippen LogP contribution in [-0.2, 0) is 0 Å². The second-order valence-corrected chi connectivity index (χ2v) is 6.58. The first-order valence-corrected chi connectivity index (χ1v) is 8.64. The third kappa shape index (κ3) is 3.19. The Morgan fingerprint density at radius 2 is 1.85 bits per heavy atom. The molecule has 0 bridgehead atoms. The highest BCUT2D eigenvalue weighted by molar-refractivity contribution is 6.08. The molecule has 0 unspecified atom stereocenters. The van der Waals surface area contributed by atoms with Gasteiger partial charge in [-0.1, -0.05) is 42.0 Å². The number of nitrogens with one attached hydrogen (secondary N) is 2. The van der Waals surface area contributed by atoms with Crippen LogP contribution in [0.5, 0.6) is 0 Å². The van der Waals surface area contributed by atoms with Crippen molar-refractivity contribution in [2.45, 2.75) is 13.8 Å². The van der Waals surface area contributed by atoms with Gasteiger partial charge in [0.05, 0.1) is 11.1 Å². The van der Waals surface area contributed by atoms with Gasteiger partial charge in [0.25, 0.3) is 5.91 Å². The van der Waals surface area contributed by atoms with E-state index in [0.717, 1.165) is 22.0 Å². The molecule has 0 aliphatic carbocycles. The van der Waals surface area contributed by atoms with Gasteiger partial charge in [0.15, 0.2) is 5.82 Å². The van der Waals surface area contributed by atoms with E-state index in [-0.39, 0.29) is 5.56 Å². The molecule has 0 spiro atoms. The average molecular weight is 359 g/mol. The van der Waals surface area contributed by atoms with Gasteiger partial charge in [-0.25, -0.2) is 4.39 Å². The van der Waals surface area contributed by atoms with Crippen LogP contribution in [0.2, 0.25) is 0 Å². The summed E-state index contributed by atoms with van der Waals surface area (Å²) in [5.74, 6) is -0.710. The van der Waals surface area contributed by atoms with Crippen LogP contribution < -0.4 is 5.32 Å². The number of fused-ring (bicyclic) bond motifs is 1. The Bertz CT molecular complexity index is 1160. The third-order valence-electron chi connectivity index (χ3n) is 4.62. The topological polar surface area (TPSA) is 57.8 Å². The zero-order valence-corrected chi connectivity index (χ0v) is 15.0. The standard InChI is InChI=1S/C22H18FN3O/c1-13-7-8-14(2)18(11-13)15-9-10-17-20(12-15)25-26-21(17)24-22(27)16-5-3-4-6-19(16)23/h3-12H,1-2H3,(H2,24,25,26,27). The van der Waals surface area contributed by atoms with E-state index in [4.69, 9.17) is 0 Å². The Morgan fingerprint density at radius 3 is 2.67 bits per heavy atom. The summed E-state index contributed by atoms with van der Waals surface area (Å²) >= 11 is 0. The molecule has 5 heteroatoms. The van der Waals surface area contributed by atoms with Gasteiger partial charge in [0.1, 0.15) is 5.82 Å². The molecular weight excluding hydrogens is 341 g/mol. The van der Waals surface area contributed by atoms with Crippen LogP contribution in [-0.4, -0.2) is 16.1 Å². The second-order valence-electron chi connectivity index (χ2n) is 6.58. The molecule has 1 aromatic heterocycles. The lowest BCUT2D eigenvalue weighted by atomic mass is 9.98. The number of hydrogen-bond acceptors (Lipinski definition) is 2. The lowest BCUT2D eigenvalue weighted by Gasteiger charge is -2.08. The van der Waals surface area contributed by atoms with E-state index in [1.807, 2.05) is 18.2 Å². The summed E-state index contributed by atoms with van der Waals surface area (Å²) in [6, 6.07) is 18.1. The number of aryl methyl sites for hydroxylation is 2. The molecule has 1 heterocycles. The van der Waals surface area contributed by atoms with Gasteiger partial charge < -0.3 is 5.32 Å². The van der Waals surface area contributed by atoms with E-state index in [1.54, 1.807) is 12.1 Å². The van der Waals surface area contributed by atoms with Crippen molar-refractivity contribution < 1.29 is 9.18 Å². The van der Waals surface area contributed by atoms with Crippen LogP contribution in [0, 0.1) is 19.7 Å². The van der Waals surface area contributed by atoms with Crippen LogP contribution >= 0.6 is 0 Å². The van der Waals surface area contributed by atoms with Gasteiger partial charge in [0, 0.05) is 5.39 Å². The molecule has 0 aliphatic rings. The van der Waals surface area contributed by atoms with E-state index in [2.05, 4.69) is 47.6 Å². The highest BCUT2D eigenvalue weighted by Crippen LogP contribution is 2.29. The van der Waals surface area contributed by atoms with Crippen LogP contribution in [0.15, 0.2) is 60.7 Å². The van der Waals surface area contributed by atoms with E-state index in [0.29, 0.717) is 5.82 Å². The first-order chi connectivity index (χ1) is 13.0. The molecule has 1 amide bonds. The largest absolute Gasteiger partial charge is 0.304 e. The summed E-state index contributed by atoms with van der Waals surface area (Å²) in [4.78, 5) is 12.3. The second kappa shape index (κ2) is 6.68. The molecule has 0 aliphatic heterocycles. The molecule has 27 heavy (non-hydrogen) atoms. The predicted molar refractivity (Wildman–Crippen MR) is 105 cm³/mol. The molecule has 4 nitrogen and oxygen atoms in total. The smallest absolute Gasteiger partial charge is 0.259 e. The fourth-order valence-electron chi connectivity index (χ4n) is 3.15. The van der Waals surface area contributed by atoms with E-state index < -0.39 is 11.7 Å². The fourth-order valence-corrected chi connectivity index (χ4v) is 3.15. The number of nitrogens with zero attached hydrogens (tertiary/aromatic N) is 1. The van der Waals surface area contributed by atoms with Crippen molar-refractivity contribution in [1.29, 1.82) is 0 Å². The molecule has 0 saturated heterocycles. The summed E-state index contributed by atoms with van der Waals surface area (Å²) in [6.45, 7) is 4.14. The Labute approximate surface area is 156 Å². The molecule has 4 aromatic rings. The molecule has 0 radical (unpaired) electrons. The normalized spacial score (nSPS) is 10.9. The number of H-pyrrole nitrogens is 1. The lowest BCUT2D eigenvalue weighted by molar-refractivity contribution is 0.102. The van der Waals surface area contributed by atoms with Gasteiger partial charge >= 0.3 is 0 Å². The number of carbonyl (C=O) groups is 1. The Morgan fingerprint density at radius 1 is 1.04 bits per heavy atom. The van der Waals surface area contributed by atoms with Gasteiger partial charge in [0.2, 0.25) is 0 Å². The maximum absolute atomic E-state index is 13.8. The van der Waals surface area contributed by atoms with Gasteiger partial charge in [-0.15, -0.1) is 0 Å². The maximum atomic E-state index is 13.8. The minimum Gasteiger partial charge on any atom is -0.304 e. The van der Waals surface area contributed by atoms with Crippen molar-refractivity contribution >= 4 is 22.6 Å². The molecule has 0 saturated carbocycles. The molecule has 2 N–H and O–H groups in total. The number of benzene rings is 3. The summed E-state index contributed by atoms with van der Waals surface area (Å²) in [6.07, 6.45) is 0. The van der Waals surface area contributed by atoms with E-state index in [1.165, 1.54) is 23.3 Å². The van der Waals surface area contributed by atoms with Gasteiger partial charge in [-0.3, -0.25) is 9.89 Å². The first-order valence-electron chi connectivity index (χ1n) is 8.64. The highest BCUT2D eigenvalue weighted by Gasteiger charge is 2.15. The Kier molecular flexibility index (Phi) is 4.20. The number of anilines is 1. The summed E-state index contributed by atoms with van der Waals surface area (Å²) in [5.41, 5.74) is 5.39. The maximum Gasteiger partial charge on any atom is 0.259 e. The summed E-state index contributed by atoms with van der Waals surface area (Å²) in [5, 5.41) is 10.6. The first kappa shape index (κ1) is 17.0. The van der Waals surface area contributed by atoms with Crippen molar-refractivity contribution in [1.82, 2.24) is 10.2 Å². The van der Waals surface area contributed by atoms with Crippen LogP contribution in [0.1, 0.15) is 21.5 Å². The number of aromatic amines is 1. The fraction of sp³-hybridized carbons (Fsp3) is 0.0909. The predicted octanol–water partition coefficient (Wildman–Crippen LogP) is 5.24. The van der Waals surface area contributed by atoms with Crippen LogP contribution in [0.3, 0.4) is 0 Å². The molecule has 3 aromatic carbocycles. The van der Waals surface area contributed by atoms with E-state index >= 15 is 0 Å². The average Bonchev–Trinajstić information content (AvgIpc) is 3.06. The van der Waals surface area contributed by atoms with Crippen molar-refractivity contribution in [2.75, 3.05) is 5.32 Å². The van der Waals surface area contributed by atoms with E-state index in [9.17, 15) is 9.18 Å². The molecule has 134 valence electrons. The number of hydrogen-bond donors (Lipinski definition) is 2. The van der Waals surface area contributed by atoms with Crippen molar-refractivity contribution in [3.05, 3.63) is 83.2 Å². The monoisotopic (exact) mass is 359 g/mol. The zero-order chi connectivity index (χ0) is 19.0. The van der Waals surface area contributed by atoms with Crippen LogP contribution in [0.4, 0.5) is 10.2 Å². The summed E-state index contributed by atoms with van der Waals surface area (Å²) in [7, 11) is 0. The zero-order valence-electron chi connectivity index (χ0n) is 15.0. The third-order valence-corrected chi connectivity index (χ3v) is 4.62. The van der Waals surface area contributed by atoms with Gasteiger partial charge in [-0.2, -0.15) is 5.10 Å². The minimum atomic E-state index is -0.563. The number of rotatable bonds is 3. The molecule has 0 fully saturated rings. The highest BCUT2D eigenvalue weighted by atomic mass is 19.1. The lowest BCUT2D eigenvalue weighted by Crippen LogP contribution is -2.14. The molecular formula is C22H18FN3O.